The Kier molecular flexibility index (Phi) is 7.57. The van der Waals surface area contributed by atoms with Gasteiger partial charge in [-0.1, -0.05) is 51.0 Å². The zero-order chi connectivity index (χ0) is 21.5. The maximum absolute atomic E-state index is 12.9. The smallest absolute Gasteiger partial charge is 0.338 e. The van der Waals surface area contributed by atoms with E-state index < -0.39 is 10.9 Å². The van der Waals surface area contributed by atoms with Crippen LogP contribution in [0.15, 0.2) is 48.5 Å². The van der Waals surface area contributed by atoms with Crippen LogP contribution in [0.1, 0.15) is 67.1 Å². The number of unbranched alkanes of at least 4 members (excludes halogenated alkanes) is 2. The van der Waals surface area contributed by atoms with Crippen molar-refractivity contribution in [3.63, 3.8) is 0 Å². The molecule has 0 bridgehead atoms. The Hall–Kier alpha value is -2.73. The van der Waals surface area contributed by atoms with Gasteiger partial charge in [-0.15, -0.1) is 0 Å². The molecular weight excluding hydrogens is 380 g/mol. The molecule has 0 spiro atoms. The third-order valence-electron chi connectivity index (χ3n) is 5.75. The van der Waals surface area contributed by atoms with E-state index in [1.54, 1.807) is 0 Å². The second-order valence-corrected chi connectivity index (χ2v) is 7.84. The summed E-state index contributed by atoms with van der Waals surface area (Å²) in [5.41, 5.74) is 2.58. The number of esters is 1. The monoisotopic (exact) mass is 410 g/mol. The lowest BCUT2D eigenvalue weighted by atomic mass is 10.1. The zero-order valence-corrected chi connectivity index (χ0v) is 17.8. The van der Waals surface area contributed by atoms with E-state index in [2.05, 4.69) is 24.8 Å². The minimum absolute atomic E-state index is 0.0408. The van der Waals surface area contributed by atoms with Gasteiger partial charge in [-0.3, -0.25) is 15.0 Å². The van der Waals surface area contributed by atoms with Crippen molar-refractivity contribution >= 4 is 11.7 Å². The summed E-state index contributed by atoms with van der Waals surface area (Å²) in [5, 5.41) is 10.9. The first kappa shape index (κ1) is 22.0. The highest BCUT2D eigenvalue weighted by Crippen LogP contribution is 2.38. The van der Waals surface area contributed by atoms with Gasteiger partial charge in [0, 0.05) is 12.1 Å². The van der Waals surface area contributed by atoms with E-state index in [-0.39, 0.29) is 17.8 Å². The summed E-state index contributed by atoms with van der Waals surface area (Å²) in [6.45, 7) is 6.35. The number of rotatable bonds is 10. The van der Waals surface area contributed by atoms with Crippen LogP contribution in [0.5, 0.6) is 0 Å². The molecule has 0 radical (unpaired) electrons. The number of fused-ring (bicyclic) bond motifs is 1. The lowest BCUT2D eigenvalue weighted by molar-refractivity contribution is -0.384. The van der Waals surface area contributed by atoms with E-state index in [0.29, 0.717) is 5.56 Å². The third-order valence-corrected chi connectivity index (χ3v) is 5.75. The molecule has 0 unspecified atom stereocenters. The van der Waals surface area contributed by atoms with Gasteiger partial charge in [0.25, 0.3) is 5.69 Å². The highest BCUT2D eigenvalue weighted by Gasteiger charge is 2.38. The number of nitro benzene ring substituents is 1. The first-order chi connectivity index (χ1) is 14.5. The average Bonchev–Trinajstić information content (AvgIpc) is 3.12. The van der Waals surface area contributed by atoms with E-state index in [1.165, 1.54) is 29.8 Å². The number of benzene rings is 2. The number of ether oxygens (including phenoxy) is 1. The molecule has 0 heterocycles. The molecule has 0 aromatic heterocycles. The number of nitro groups is 1. The highest BCUT2D eigenvalue weighted by molar-refractivity contribution is 5.89. The lowest BCUT2D eigenvalue weighted by Crippen LogP contribution is -2.41. The van der Waals surface area contributed by atoms with E-state index in [0.717, 1.165) is 50.8 Å². The van der Waals surface area contributed by atoms with Gasteiger partial charge in [-0.25, -0.2) is 4.79 Å². The average molecular weight is 411 g/mol. The first-order valence-corrected chi connectivity index (χ1v) is 10.8. The molecule has 0 N–H and O–H groups in total. The molecule has 2 aromatic carbocycles. The van der Waals surface area contributed by atoms with Crippen LogP contribution in [0, 0.1) is 10.1 Å². The molecule has 1 aliphatic rings. The molecule has 0 saturated heterocycles. The second-order valence-electron chi connectivity index (χ2n) is 7.84. The maximum atomic E-state index is 12.9. The topological polar surface area (TPSA) is 72.7 Å². The summed E-state index contributed by atoms with van der Waals surface area (Å²) in [6.07, 6.45) is 4.99. The van der Waals surface area contributed by atoms with Crippen molar-refractivity contribution in [2.75, 3.05) is 13.1 Å². The molecule has 160 valence electrons. The maximum Gasteiger partial charge on any atom is 0.338 e. The molecule has 0 aliphatic heterocycles. The van der Waals surface area contributed by atoms with Crippen molar-refractivity contribution in [2.45, 2.75) is 58.1 Å². The van der Waals surface area contributed by atoms with Gasteiger partial charge in [0.15, 0.2) is 0 Å². The Morgan fingerprint density at radius 2 is 1.70 bits per heavy atom. The predicted octanol–water partition coefficient (Wildman–Crippen LogP) is 5.32. The second kappa shape index (κ2) is 10.3. The summed E-state index contributed by atoms with van der Waals surface area (Å²) in [7, 11) is 0. The number of hydrogen-bond acceptors (Lipinski definition) is 5. The summed E-state index contributed by atoms with van der Waals surface area (Å²) in [6, 6.07) is 13.9. The van der Waals surface area contributed by atoms with Crippen molar-refractivity contribution < 1.29 is 14.5 Å². The fourth-order valence-electron chi connectivity index (χ4n) is 4.07. The van der Waals surface area contributed by atoms with E-state index in [1.807, 2.05) is 18.2 Å². The Balaban J connectivity index is 1.83. The summed E-state index contributed by atoms with van der Waals surface area (Å²) in [5.74, 6) is -0.442. The number of carbonyl (C=O) groups excluding carboxylic acids is 1. The molecule has 0 saturated carbocycles. The quantitative estimate of drug-likeness (QED) is 0.301. The van der Waals surface area contributed by atoms with Crippen LogP contribution in [-0.2, 0) is 11.2 Å². The van der Waals surface area contributed by atoms with Crippen molar-refractivity contribution in [2.24, 2.45) is 0 Å². The summed E-state index contributed by atoms with van der Waals surface area (Å²) < 4.78 is 6.03. The van der Waals surface area contributed by atoms with Gasteiger partial charge < -0.3 is 4.74 Å². The van der Waals surface area contributed by atoms with Crippen molar-refractivity contribution in [1.29, 1.82) is 0 Å². The highest BCUT2D eigenvalue weighted by atomic mass is 16.6. The van der Waals surface area contributed by atoms with E-state index >= 15 is 0 Å². The molecule has 6 heteroatoms. The molecule has 3 rings (SSSR count). The van der Waals surface area contributed by atoms with Gasteiger partial charge in [0.1, 0.15) is 6.10 Å². The summed E-state index contributed by atoms with van der Waals surface area (Å²) in [4.78, 5) is 25.7. The SMILES string of the molecule is CCCCN(CCCC)[C@@H]1Cc2ccccc2[C@@H]1OC(=O)c1ccc([N+](=O)[O-])cc1. The van der Waals surface area contributed by atoms with Gasteiger partial charge in [-0.2, -0.15) is 0 Å². The van der Waals surface area contributed by atoms with Gasteiger partial charge in [0.2, 0.25) is 0 Å². The van der Waals surface area contributed by atoms with E-state index in [9.17, 15) is 14.9 Å². The van der Waals surface area contributed by atoms with Crippen molar-refractivity contribution in [3.8, 4) is 0 Å². The largest absolute Gasteiger partial charge is 0.452 e. The van der Waals surface area contributed by atoms with Crippen LogP contribution in [0.2, 0.25) is 0 Å². The Labute approximate surface area is 178 Å². The molecule has 2 aromatic rings. The molecule has 1 aliphatic carbocycles. The van der Waals surface area contributed by atoms with Crippen LogP contribution in [0.3, 0.4) is 0 Å². The molecule has 6 nitrogen and oxygen atoms in total. The number of nitrogens with zero attached hydrogens (tertiary/aromatic N) is 2. The standard InChI is InChI=1S/C24H30N2O4/c1-3-5-15-25(16-6-4-2)22-17-19-9-7-8-10-21(19)23(22)30-24(27)18-11-13-20(14-12-18)26(28)29/h7-14,22-23H,3-6,15-17H2,1-2H3/t22-,23+/m1/s1. The zero-order valence-electron chi connectivity index (χ0n) is 17.8. The molecule has 2 atom stereocenters. The molecule has 0 amide bonds. The third kappa shape index (κ3) is 5.05. The number of hydrogen-bond donors (Lipinski definition) is 0. The summed E-state index contributed by atoms with van der Waals surface area (Å²) >= 11 is 0. The van der Waals surface area contributed by atoms with Crippen LogP contribution < -0.4 is 0 Å². The molecule has 0 fully saturated rings. The van der Waals surface area contributed by atoms with Crippen LogP contribution in [0.25, 0.3) is 0 Å². The molecular formula is C24H30N2O4. The fraction of sp³-hybridized carbons (Fsp3) is 0.458. The first-order valence-electron chi connectivity index (χ1n) is 10.8. The molecule has 30 heavy (non-hydrogen) atoms. The number of non-ortho nitro benzene ring substituents is 1. The van der Waals surface area contributed by atoms with Crippen LogP contribution in [0.4, 0.5) is 5.69 Å². The normalized spacial score (nSPS) is 17.7. The fourth-order valence-corrected chi connectivity index (χ4v) is 4.07. The Morgan fingerprint density at radius 1 is 1.07 bits per heavy atom. The van der Waals surface area contributed by atoms with Crippen LogP contribution in [-0.4, -0.2) is 34.9 Å². The number of carbonyl (C=O) groups is 1. The van der Waals surface area contributed by atoms with Gasteiger partial charge in [-0.05, 0) is 55.6 Å². The lowest BCUT2D eigenvalue weighted by Gasteiger charge is -2.33. The van der Waals surface area contributed by atoms with Gasteiger partial charge >= 0.3 is 5.97 Å². The van der Waals surface area contributed by atoms with Crippen molar-refractivity contribution in [1.82, 2.24) is 4.90 Å². The van der Waals surface area contributed by atoms with E-state index in [4.69, 9.17) is 4.74 Å². The Bertz CT molecular complexity index is 858. The minimum Gasteiger partial charge on any atom is -0.452 e. The van der Waals surface area contributed by atoms with Crippen LogP contribution >= 0.6 is 0 Å². The predicted molar refractivity (Wildman–Crippen MR) is 117 cm³/mol. The minimum atomic E-state index is -0.475. The van der Waals surface area contributed by atoms with Crippen molar-refractivity contribution in [3.05, 3.63) is 75.3 Å². The Morgan fingerprint density at radius 3 is 2.30 bits per heavy atom. The van der Waals surface area contributed by atoms with Gasteiger partial charge in [0.05, 0.1) is 16.5 Å².